The minimum atomic E-state index is -1.13. The fourth-order valence-electron chi connectivity index (χ4n) is 4.27. The Balaban J connectivity index is 1.72. The van der Waals surface area contributed by atoms with Gasteiger partial charge < -0.3 is 20.8 Å². The zero-order valence-corrected chi connectivity index (χ0v) is 21.1. The fraction of sp³-hybridized carbons (Fsp3) is 0.286. The van der Waals surface area contributed by atoms with Crippen LogP contribution in [0, 0.1) is 24.5 Å². The van der Waals surface area contributed by atoms with Gasteiger partial charge in [0.25, 0.3) is 11.5 Å². The maximum absolute atomic E-state index is 14.8. The molecule has 5 rings (SSSR count). The molecule has 0 radical (unpaired) electrons. The lowest BCUT2D eigenvalue weighted by molar-refractivity contribution is 0.0952. The van der Waals surface area contributed by atoms with Crippen LogP contribution in [0.5, 0.6) is 0 Å². The molecule has 4 N–H and O–H groups in total. The van der Waals surface area contributed by atoms with Crippen molar-refractivity contribution in [3.63, 3.8) is 0 Å². The third kappa shape index (κ3) is 5.50. The Hall–Kier alpha value is -4.22. The van der Waals surface area contributed by atoms with Gasteiger partial charge in [-0.25, -0.2) is 13.8 Å². The van der Waals surface area contributed by atoms with Crippen LogP contribution in [0.25, 0.3) is 28.0 Å². The van der Waals surface area contributed by atoms with Gasteiger partial charge >= 0.3 is 0 Å². The summed E-state index contributed by atoms with van der Waals surface area (Å²) in [4.78, 5) is 34.8. The number of carbonyl (C=O) groups excluding carboxylic acids is 1. The van der Waals surface area contributed by atoms with Crippen LogP contribution in [0.4, 0.5) is 14.7 Å². The van der Waals surface area contributed by atoms with Crippen molar-refractivity contribution >= 4 is 22.9 Å². The number of aliphatic hydroxyl groups excluding tert-OH is 2. The highest BCUT2D eigenvalue weighted by atomic mass is 19.1. The standard InChI is InChI=1S/C28H27F2N5O4/c1-15-5-8-17(27(39)31-12-16-6-7-16)11-20(15)24-19-9-10-23(38)35(25-21(29)3-2-4-22(25)30)26(19)34-28(33-24)32-13-18(37)14-36/h2-5,8-11,16,18,36-37H,6-7,12-14H2,1H3,(H,31,39)(H,32,33,34). The second-order valence-electron chi connectivity index (χ2n) is 9.61. The van der Waals surface area contributed by atoms with Gasteiger partial charge in [0.1, 0.15) is 17.3 Å². The van der Waals surface area contributed by atoms with Crippen LogP contribution in [0.1, 0.15) is 28.8 Å². The van der Waals surface area contributed by atoms with Gasteiger partial charge in [-0.2, -0.15) is 4.98 Å². The van der Waals surface area contributed by atoms with E-state index in [9.17, 15) is 28.6 Å². The molecule has 39 heavy (non-hydrogen) atoms. The fourth-order valence-corrected chi connectivity index (χ4v) is 4.27. The summed E-state index contributed by atoms with van der Waals surface area (Å²) >= 11 is 0. The van der Waals surface area contributed by atoms with Gasteiger partial charge in [0.2, 0.25) is 5.95 Å². The van der Waals surface area contributed by atoms with Crippen molar-refractivity contribution in [1.29, 1.82) is 0 Å². The molecule has 2 aromatic heterocycles. The first-order valence-electron chi connectivity index (χ1n) is 12.6. The summed E-state index contributed by atoms with van der Waals surface area (Å²) in [6, 6.07) is 11.0. The van der Waals surface area contributed by atoms with E-state index in [1.807, 2.05) is 6.92 Å². The van der Waals surface area contributed by atoms with Crippen molar-refractivity contribution in [2.75, 3.05) is 25.0 Å². The number of pyridine rings is 1. The van der Waals surface area contributed by atoms with Crippen LogP contribution >= 0.6 is 0 Å². The second kappa shape index (κ2) is 10.9. The molecule has 2 heterocycles. The third-order valence-corrected chi connectivity index (χ3v) is 6.62. The molecule has 1 atom stereocenters. The SMILES string of the molecule is Cc1ccc(C(=O)NCC2CC2)cc1-c1nc(NCC(O)CO)nc2c1ccc(=O)n2-c1c(F)cccc1F. The Morgan fingerprint density at radius 2 is 1.87 bits per heavy atom. The summed E-state index contributed by atoms with van der Waals surface area (Å²) < 4.78 is 30.5. The molecule has 1 aliphatic carbocycles. The molecular formula is C28H27F2N5O4. The first-order valence-corrected chi connectivity index (χ1v) is 12.6. The normalized spacial score (nSPS) is 13.9. The summed E-state index contributed by atoms with van der Waals surface area (Å²) in [5.74, 6) is -1.70. The van der Waals surface area contributed by atoms with Crippen LogP contribution in [-0.4, -0.2) is 56.5 Å². The largest absolute Gasteiger partial charge is 0.394 e. The number of carbonyl (C=O) groups is 1. The van der Waals surface area contributed by atoms with E-state index < -0.39 is 35.6 Å². The molecule has 0 aliphatic heterocycles. The van der Waals surface area contributed by atoms with Crippen molar-refractivity contribution in [2.45, 2.75) is 25.9 Å². The number of hydrogen-bond donors (Lipinski definition) is 4. The van der Waals surface area contributed by atoms with Crippen molar-refractivity contribution in [3.05, 3.63) is 81.6 Å². The number of anilines is 1. The van der Waals surface area contributed by atoms with Gasteiger partial charge in [0, 0.05) is 35.7 Å². The van der Waals surface area contributed by atoms with E-state index >= 15 is 0 Å². The number of aromatic nitrogens is 3. The average molecular weight is 536 g/mol. The Bertz CT molecular complexity index is 1600. The highest BCUT2D eigenvalue weighted by Crippen LogP contribution is 2.32. The van der Waals surface area contributed by atoms with Crippen LogP contribution in [-0.2, 0) is 0 Å². The van der Waals surface area contributed by atoms with Crippen molar-refractivity contribution in [2.24, 2.45) is 5.92 Å². The molecule has 2 aromatic carbocycles. The molecular weight excluding hydrogens is 508 g/mol. The Morgan fingerprint density at radius 3 is 2.56 bits per heavy atom. The number of amides is 1. The van der Waals surface area contributed by atoms with Gasteiger partial charge in [-0.3, -0.25) is 14.2 Å². The van der Waals surface area contributed by atoms with Crippen molar-refractivity contribution in [1.82, 2.24) is 19.9 Å². The Kier molecular flexibility index (Phi) is 7.36. The Morgan fingerprint density at radius 1 is 1.13 bits per heavy atom. The van der Waals surface area contributed by atoms with E-state index in [-0.39, 0.29) is 24.0 Å². The maximum Gasteiger partial charge on any atom is 0.256 e. The van der Waals surface area contributed by atoms with Crippen LogP contribution < -0.4 is 16.2 Å². The van der Waals surface area contributed by atoms with Gasteiger partial charge in [0.15, 0.2) is 5.65 Å². The molecule has 1 saturated carbocycles. The second-order valence-corrected chi connectivity index (χ2v) is 9.61. The number of hydrogen-bond acceptors (Lipinski definition) is 7. The summed E-state index contributed by atoms with van der Waals surface area (Å²) in [5.41, 5.74) is 0.616. The van der Waals surface area contributed by atoms with Crippen LogP contribution in [0.2, 0.25) is 0 Å². The third-order valence-electron chi connectivity index (χ3n) is 6.62. The number of fused-ring (bicyclic) bond motifs is 1. The maximum atomic E-state index is 14.8. The van der Waals surface area contributed by atoms with E-state index in [0.717, 1.165) is 35.1 Å². The zero-order chi connectivity index (χ0) is 27.7. The summed E-state index contributed by atoms with van der Waals surface area (Å²) in [6.07, 6.45) is 1.06. The monoisotopic (exact) mass is 535 g/mol. The molecule has 9 nitrogen and oxygen atoms in total. The van der Waals surface area contributed by atoms with Crippen molar-refractivity contribution in [3.8, 4) is 16.9 Å². The molecule has 0 spiro atoms. The molecule has 11 heteroatoms. The van der Waals surface area contributed by atoms with Crippen LogP contribution in [0.3, 0.4) is 0 Å². The number of nitrogens with one attached hydrogen (secondary N) is 2. The number of benzene rings is 2. The average Bonchev–Trinajstić information content (AvgIpc) is 3.76. The number of nitrogens with zero attached hydrogens (tertiary/aromatic N) is 3. The first kappa shape index (κ1) is 26.4. The molecule has 1 fully saturated rings. The number of aryl methyl sites for hydroxylation is 1. The number of aliphatic hydroxyl groups is 2. The summed E-state index contributed by atoms with van der Waals surface area (Å²) in [5, 5.41) is 25.1. The van der Waals surface area contributed by atoms with Gasteiger partial charge in [-0.1, -0.05) is 12.1 Å². The van der Waals surface area contributed by atoms with E-state index in [1.54, 1.807) is 18.2 Å². The quantitative estimate of drug-likeness (QED) is 0.259. The van der Waals surface area contributed by atoms with Crippen molar-refractivity contribution < 1.29 is 23.8 Å². The van der Waals surface area contributed by atoms with Crippen LogP contribution in [0.15, 0.2) is 53.3 Å². The van der Waals surface area contributed by atoms with E-state index in [1.165, 1.54) is 18.2 Å². The highest BCUT2D eigenvalue weighted by Gasteiger charge is 2.23. The number of halogens is 2. The van der Waals surface area contributed by atoms with E-state index in [0.29, 0.717) is 34.7 Å². The minimum Gasteiger partial charge on any atom is -0.394 e. The molecule has 1 unspecified atom stereocenters. The zero-order valence-electron chi connectivity index (χ0n) is 21.1. The molecule has 202 valence electrons. The van der Waals surface area contributed by atoms with Gasteiger partial charge in [-0.05, 0) is 61.6 Å². The highest BCUT2D eigenvalue weighted by molar-refractivity contribution is 5.98. The van der Waals surface area contributed by atoms with Gasteiger partial charge in [-0.15, -0.1) is 0 Å². The lowest BCUT2D eigenvalue weighted by Crippen LogP contribution is -2.25. The minimum absolute atomic E-state index is 0.0518. The molecule has 4 aromatic rings. The number of para-hydroxylation sites is 1. The lowest BCUT2D eigenvalue weighted by atomic mass is 9.99. The molecule has 0 bridgehead atoms. The number of rotatable bonds is 9. The molecule has 1 aliphatic rings. The summed E-state index contributed by atoms with van der Waals surface area (Å²) in [6.45, 7) is 1.77. The van der Waals surface area contributed by atoms with E-state index in [4.69, 9.17) is 0 Å². The molecule has 1 amide bonds. The predicted octanol–water partition coefficient (Wildman–Crippen LogP) is 2.94. The Labute approximate surface area is 222 Å². The predicted molar refractivity (Wildman–Crippen MR) is 142 cm³/mol. The topological polar surface area (TPSA) is 129 Å². The summed E-state index contributed by atoms with van der Waals surface area (Å²) in [7, 11) is 0. The first-order chi connectivity index (χ1) is 18.8. The van der Waals surface area contributed by atoms with Gasteiger partial charge in [0.05, 0.1) is 18.4 Å². The van der Waals surface area contributed by atoms with E-state index in [2.05, 4.69) is 20.6 Å². The molecule has 0 saturated heterocycles. The lowest BCUT2D eigenvalue weighted by Gasteiger charge is -2.17. The smallest absolute Gasteiger partial charge is 0.256 e.